The van der Waals surface area contributed by atoms with Crippen LogP contribution in [0.25, 0.3) is 10.6 Å². The monoisotopic (exact) mass is 396 g/mol. The lowest BCUT2D eigenvalue weighted by atomic mass is 10.2. The predicted octanol–water partition coefficient (Wildman–Crippen LogP) is 4.08. The number of hydrogen-bond acceptors (Lipinski definition) is 6. The number of nitrogens with zero attached hydrogens (tertiary/aromatic N) is 1. The van der Waals surface area contributed by atoms with Crippen LogP contribution < -0.4 is 19.5 Å². The number of benzene rings is 2. The highest BCUT2D eigenvalue weighted by Crippen LogP contribution is 2.33. The van der Waals surface area contributed by atoms with Crippen LogP contribution in [0.5, 0.6) is 17.2 Å². The minimum Gasteiger partial charge on any atom is -0.497 e. The average Bonchev–Trinajstić information content (AvgIpc) is 3.08. The molecule has 0 atom stereocenters. The molecule has 7 heteroatoms. The molecule has 144 valence electrons. The van der Waals surface area contributed by atoms with E-state index in [1.807, 2.05) is 43.3 Å². The third-order valence-electron chi connectivity index (χ3n) is 4.36. The van der Waals surface area contributed by atoms with E-state index in [9.17, 15) is 4.79 Å². The number of fused-ring (bicyclic) bond motifs is 1. The minimum absolute atomic E-state index is 0.0966. The number of nitrogens with one attached hydrogen (secondary N) is 1. The quantitative estimate of drug-likeness (QED) is 0.704. The first-order chi connectivity index (χ1) is 13.6. The standard InChI is InChI=1S/C21H20N2O4S/c1-13-19(28-21(22-13)14-4-3-5-16(10-14)25-2)12-20(24)23-15-6-7-17-18(11-15)27-9-8-26-17/h3-7,10-11H,8-9,12H2,1-2H3,(H,23,24). The zero-order valence-corrected chi connectivity index (χ0v) is 16.5. The van der Waals surface area contributed by atoms with E-state index >= 15 is 0 Å². The van der Waals surface area contributed by atoms with Gasteiger partial charge in [-0.2, -0.15) is 0 Å². The number of aromatic nitrogens is 1. The van der Waals surface area contributed by atoms with Gasteiger partial charge in [-0.1, -0.05) is 12.1 Å². The molecule has 2 aromatic carbocycles. The Hall–Kier alpha value is -3.06. The summed E-state index contributed by atoms with van der Waals surface area (Å²) in [5, 5.41) is 3.79. The molecule has 0 saturated carbocycles. The van der Waals surface area contributed by atoms with Crippen LogP contribution in [-0.2, 0) is 11.2 Å². The molecule has 1 N–H and O–H groups in total. The number of carbonyl (C=O) groups is 1. The van der Waals surface area contributed by atoms with Crippen molar-refractivity contribution < 1.29 is 19.0 Å². The number of carbonyl (C=O) groups excluding carboxylic acids is 1. The molecule has 4 rings (SSSR count). The van der Waals surface area contributed by atoms with Crippen LogP contribution in [0.2, 0.25) is 0 Å². The van der Waals surface area contributed by atoms with Crippen LogP contribution in [0.4, 0.5) is 5.69 Å². The summed E-state index contributed by atoms with van der Waals surface area (Å²) in [6.07, 6.45) is 0.266. The second kappa shape index (κ2) is 7.90. The second-order valence-corrected chi connectivity index (χ2v) is 7.43. The minimum atomic E-state index is -0.0966. The maximum Gasteiger partial charge on any atom is 0.229 e. The SMILES string of the molecule is COc1cccc(-c2nc(C)c(CC(=O)Nc3ccc4c(c3)OCCO4)s2)c1. The molecule has 1 aromatic heterocycles. The van der Waals surface area contributed by atoms with Crippen LogP contribution in [-0.4, -0.2) is 31.2 Å². The van der Waals surface area contributed by atoms with Gasteiger partial charge >= 0.3 is 0 Å². The molecule has 0 unspecified atom stereocenters. The highest BCUT2D eigenvalue weighted by atomic mass is 32.1. The fourth-order valence-electron chi connectivity index (χ4n) is 2.94. The molecule has 0 bridgehead atoms. The van der Waals surface area contributed by atoms with Crippen LogP contribution >= 0.6 is 11.3 Å². The van der Waals surface area contributed by atoms with Gasteiger partial charge in [0.15, 0.2) is 11.5 Å². The summed E-state index contributed by atoms with van der Waals surface area (Å²) in [4.78, 5) is 18.1. The van der Waals surface area contributed by atoms with Gasteiger partial charge in [0.2, 0.25) is 5.91 Å². The molecule has 1 aliphatic heterocycles. The van der Waals surface area contributed by atoms with Gasteiger partial charge in [-0.15, -0.1) is 11.3 Å². The Kier molecular flexibility index (Phi) is 5.16. The normalized spacial score (nSPS) is 12.5. The largest absolute Gasteiger partial charge is 0.497 e. The van der Waals surface area contributed by atoms with Gasteiger partial charge in [0, 0.05) is 22.2 Å². The van der Waals surface area contributed by atoms with E-state index in [0.29, 0.717) is 30.4 Å². The summed E-state index contributed by atoms with van der Waals surface area (Å²) in [6.45, 7) is 2.98. The van der Waals surface area contributed by atoms with Gasteiger partial charge in [-0.05, 0) is 31.2 Å². The lowest BCUT2D eigenvalue weighted by Gasteiger charge is -2.19. The highest BCUT2D eigenvalue weighted by molar-refractivity contribution is 7.15. The highest BCUT2D eigenvalue weighted by Gasteiger charge is 2.16. The molecule has 3 aromatic rings. The summed E-state index contributed by atoms with van der Waals surface area (Å²) >= 11 is 1.52. The van der Waals surface area contributed by atoms with Crippen molar-refractivity contribution in [2.24, 2.45) is 0 Å². The first kappa shape index (κ1) is 18.3. The molecule has 0 spiro atoms. The number of anilines is 1. The molecule has 0 fully saturated rings. The lowest BCUT2D eigenvalue weighted by Crippen LogP contribution is -2.17. The van der Waals surface area contributed by atoms with E-state index in [2.05, 4.69) is 10.3 Å². The third kappa shape index (κ3) is 3.94. The first-order valence-electron chi connectivity index (χ1n) is 8.92. The number of thiazole rings is 1. The average molecular weight is 396 g/mol. The predicted molar refractivity (Wildman–Crippen MR) is 109 cm³/mol. The van der Waals surface area contributed by atoms with E-state index < -0.39 is 0 Å². The smallest absolute Gasteiger partial charge is 0.229 e. The van der Waals surface area contributed by atoms with E-state index in [4.69, 9.17) is 14.2 Å². The van der Waals surface area contributed by atoms with Gasteiger partial charge in [-0.25, -0.2) is 4.98 Å². The van der Waals surface area contributed by atoms with Gasteiger partial charge < -0.3 is 19.5 Å². The summed E-state index contributed by atoms with van der Waals surface area (Å²) in [6, 6.07) is 13.2. The number of amides is 1. The maximum atomic E-state index is 12.5. The third-order valence-corrected chi connectivity index (χ3v) is 5.56. The van der Waals surface area contributed by atoms with Crippen molar-refractivity contribution in [1.82, 2.24) is 4.98 Å². The number of aryl methyl sites for hydroxylation is 1. The molecular formula is C21H20N2O4S. The summed E-state index contributed by atoms with van der Waals surface area (Å²) in [5.41, 5.74) is 2.52. The Bertz CT molecular complexity index is 1020. The van der Waals surface area contributed by atoms with Gasteiger partial charge in [0.1, 0.15) is 24.0 Å². The van der Waals surface area contributed by atoms with Crippen molar-refractivity contribution >= 4 is 22.9 Å². The molecule has 1 amide bonds. The van der Waals surface area contributed by atoms with Crippen molar-refractivity contribution in [2.75, 3.05) is 25.6 Å². The Labute approximate surface area is 167 Å². The van der Waals surface area contributed by atoms with Gasteiger partial charge in [0.25, 0.3) is 0 Å². The molecule has 28 heavy (non-hydrogen) atoms. The molecule has 2 heterocycles. The first-order valence-corrected chi connectivity index (χ1v) is 9.74. The Balaban J connectivity index is 1.47. The second-order valence-electron chi connectivity index (χ2n) is 6.34. The summed E-state index contributed by atoms with van der Waals surface area (Å²) < 4.78 is 16.3. The fraction of sp³-hybridized carbons (Fsp3) is 0.238. The van der Waals surface area contributed by atoms with Crippen molar-refractivity contribution in [1.29, 1.82) is 0 Å². The Morgan fingerprint density at radius 2 is 2.00 bits per heavy atom. The van der Waals surface area contributed by atoms with Crippen LogP contribution in [0.15, 0.2) is 42.5 Å². The zero-order chi connectivity index (χ0) is 19.5. The summed E-state index contributed by atoms with van der Waals surface area (Å²) in [7, 11) is 1.64. The van der Waals surface area contributed by atoms with Crippen LogP contribution in [0.3, 0.4) is 0 Å². The van der Waals surface area contributed by atoms with E-state index in [-0.39, 0.29) is 12.3 Å². The zero-order valence-electron chi connectivity index (χ0n) is 15.7. The summed E-state index contributed by atoms with van der Waals surface area (Å²) in [5.74, 6) is 2.03. The van der Waals surface area contributed by atoms with Crippen LogP contribution in [0, 0.1) is 6.92 Å². The van der Waals surface area contributed by atoms with Crippen molar-refractivity contribution in [3.05, 3.63) is 53.0 Å². The molecule has 0 radical (unpaired) electrons. The number of methoxy groups -OCH3 is 1. The van der Waals surface area contributed by atoms with E-state index in [1.165, 1.54) is 11.3 Å². The van der Waals surface area contributed by atoms with E-state index in [0.717, 1.165) is 26.9 Å². The van der Waals surface area contributed by atoms with Crippen LogP contribution in [0.1, 0.15) is 10.6 Å². The molecular weight excluding hydrogens is 376 g/mol. The number of rotatable bonds is 5. The van der Waals surface area contributed by atoms with Gasteiger partial charge in [-0.3, -0.25) is 4.79 Å². The Morgan fingerprint density at radius 1 is 1.18 bits per heavy atom. The fourth-order valence-corrected chi connectivity index (χ4v) is 4.00. The molecule has 0 aliphatic carbocycles. The molecule has 6 nitrogen and oxygen atoms in total. The number of hydrogen-bond donors (Lipinski definition) is 1. The maximum absolute atomic E-state index is 12.5. The Morgan fingerprint density at radius 3 is 2.82 bits per heavy atom. The van der Waals surface area contributed by atoms with Crippen molar-refractivity contribution in [2.45, 2.75) is 13.3 Å². The molecule has 1 aliphatic rings. The number of ether oxygens (including phenoxy) is 3. The lowest BCUT2D eigenvalue weighted by molar-refractivity contribution is -0.115. The topological polar surface area (TPSA) is 69.7 Å². The molecule has 0 saturated heterocycles. The van der Waals surface area contributed by atoms with Crippen molar-refractivity contribution in [3.8, 4) is 27.8 Å². The van der Waals surface area contributed by atoms with E-state index in [1.54, 1.807) is 13.2 Å². The van der Waals surface area contributed by atoms with Crippen molar-refractivity contribution in [3.63, 3.8) is 0 Å². The van der Waals surface area contributed by atoms with Gasteiger partial charge in [0.05, 0.1) is 19.2 Å².